The van der Waals surface area contributed by atoms with E-state index in [9.17, 15) is 0 Å². The Balaban J connectivity index is 2.64. The maximum Gasteiger partial charge on any atom is -0.0250 e. The van der Waals surface area contributed by atoms with Gasteiger partial charge in [-0.25, -0.2) is 0 Å². The first-order valence-electron chi connectivity index (χ1n) is 5.15. The molecule has 0 aromatic heterocycles. The molecule has 0 radical (unpaired) electrons. The molecule has 0 heteroatoms. The highest BCUT2D eigenvalue weighted by atomic mass is 14.1. The van der Waals surface area contributed by atoms with Crippen LogP contribution in [0.3, 0.4) is 0 Å². The summed E-state index contributed by atoms with van der Waals surface area (Å²) >= 11 is 0. The molecule has 0 aliphatic carbocycles. The molecule has 1 unspecified atom stereocenters. The lowest BCUT2D eigenvalue weighted by molar-refractivity contribution is 0.417. The van der Waals surface area contributed by atoms with Gasteiger partial charge in [0.05, 0.1) is 0 Å². The minimum atomic E-state index is 0.778. The van der Waals surface area contributed by atoms with E-state index in [4.69, 9.17) is 0 Å². The monoisotopic (exact) mass is 176 g/mol. The summed E-state index contributed by atoms with van der Waals surface area (Å²) in [6.07, 6.45) is 1.21. The van der Waals surface area contributed by atoms with Gasteiger partial charge in [-0.3, -0.25) is 0 Å². The first-order valence-corrected chi connectivity index (χ1v) is 5.15. The van der Waals surface area contributed by atoms with E-state index < -0.39 is 0 Å². The zero-order valence-electron chi connectivity index (χ0n) is 9.17. The average Bonchev–Trinajstić information content (AvgIpc) is 2.04. The highest BCUT2D eigenvalue weighted by Crippen LogP contribution is 2.16. The molecule has 0 saturated heterocycles. The SMILES string of the molecule is Cc1cccc(CC(C)C(C)C)c1. The first kappa shape index (κ1) is 10.3. The van der Waals surface area contributed by atoms with E-state index in [0.29, 0.717) is 0 Å². The lowest BCUT2D eigenvalue weighted by Crippen LogP contribution is -2.07. The average molecular weight is 176 g/mol. The molecule has 0 aliphatic heterocycles. The van der Waals surface area contributed by atoms with Gasteiger partial charge in [-0.1, -0.05) is 50.6 Å². The molecule has 72 valence electrons. The van der Waals surface area contributed by atoms with Crippen molar-refractivity contribution < 1.29 is 0 Å². The van der Waals surface area contributed by atoms with Crippen molar-refractivity contribution in [3.63, 3.8) is 0 Å². The van der Waals surface area contributed by atoms with Crippen LogP contribution in [0.5, 0.6) is 0 Å². The Morgan fingerprint density at radius 3 is 2.38 bits per heavy atom. The molecule has 1 aromatic carbocycles. The van der Waals surface area contributed by atoms with Gasteiger partial charge in [0.2, 0.25) is 0 Å². The number of hydrogen-bond donors (Lipinski definition) is 0. The van der Waals surface area contributed by atoms with Crippen LogP contribution in [0.15, 0.2) is 24.3 Å². The summed E-state index contributed by atoms with van der Waals surface area (Å²) in [4.78, 5) is 0. The van der Waals surface area contributed by atoms with E-state index in [2.05, 4.69) is 52.0 Å². The second-order valence-electron chi connectivity index (χ2n) is 4.41. The van der Waals surface area contributed by atoms with Crippen LogP contribution in [0.2, 0.25) is 0 Å². The molecule has 1 atom stereocenters. The van der Waals surface area contributed by atoms with Crippen molar-refractivity contribution in [1.82, 2.24) is 0 Å². The van der Waals surface area contributed by atoms with Gasteiger partial charge >= 0.3 is 0 Å². The third-order valence-corrected chi connectivity index (χ3v) is 2.78. The summed E-state index contributed by atoms with van der Waals surface area (Å²) in [7, 11) is 0. The van der Waals surface area contributed by atoms with Gasteiger partial charge in [-0.15, -0.1) is 0 Å². The standard InChI is InChI=1S/C13H20/c1-10(2)12(4)9-13-7-5-6-11(3)8-13/h5-8,10,12H,9H2,1-4H3. The van der Waals surface area contributed by atoms with Gasteiger partial charge in [-0.2, -0.15) is 0 Å². The Labute approximate surface area is 82.0 Å². The van der Waals surface area contributed by atoms with Crippen LogP contribution in [0.4, 0.5) is 0 Å². The van der Waals surface area contributed by atoms with Gasteiger partial charge in [0, 0.05) is 0 Å². The molecule has 0 heterocycles. The molecule has 0 bridgehead atoms. The number of hydrogen-bond acceptors (Lipinski definition) is 0. The Morgan fingerprint density at radius 1 is 1.15 bits per heavy atom. The maximum absolute atomic E-state index is 2.33. The van der Waals surface area contributed by atoms with Crippen molar-refractivity contribution in [3.8, 4) is 0 Å². The minimum Gasteiger partial charge on any atom is -0.0625 e. The van der Waals surface area contributed by atoms with E-state index in [1.54, 1.807) is 0 Å². The first-order chi connectivity index (χ1) is 6.09. The summed E-state index contributed by atoms with van der Waals surface area (Å²) in [5, 5.41) is 0. The van der Waals surface area contributed by atoms with Crippen LogP contribution >= 0.6 is 0 Å². The molecule has 0 spiro atoms. The Bertz CT molecular complexity index is 260. The summed E-state index contributed by atoms with van der Waals surface area (Å²) in [6, 6.07) is 8.83. The molecule has 0 fully saturated rings. The predicted molar refractivity (Wildman–Crippen MR) is 58.9 cm³/mol. The number of aryl methyl sites for hydroxylation is 1. The molecular weight excluding hydrogens is 156 g/mol. The van der Waals surface area contributed by atoms with Gasteiger partial charge < -0.3 is 0 Å². The fraction of sp³-hybridized carbons (Fsp3) is 0.538. The lowest BCUT2D eigenvalue weighted by atomic mass is 9.91. The summed E-state index contributed by atoms with van der Waals surface area (Å²) < 4.78 is 0. The van der Waals surface area contributed by atoms with E-state index in [-0.39, 0.29) is 0 Å². The molecule has 1 rings (SSSR count). The van der Waals surface area contributed by atoms with Crippen LogP contribution < -0.4 is 0 Å². The molecular formula is C13H20. The van der Waals surface area contributed by atoms with Crippen molar-refractivity contribution in [2.75, 3.05) is 0 Å². The highest BCUT2D eigenvalue weighted by Gasteiger charge is 2.07. The summed E-state index contributed by atoms with van der Waals surface area (Å²) in [5.74, 6) is 1.56. The van der Waals surface area contributed by atoms with Crippen molar-refractivity contribution in [2.24, 2.45) is 11.8 Å². The summed E-state index contributed by atoms with van der Waals surface area (Å²) in [5.41, 5.74) is 2.84. The van der Waals surface area contributed by atoms with Crippen molar-refractivity contribution >= 4 is 0 Å². The van der Waals surface area contributed by atoms with Gasteiger partial charge in [0.15, 0.2) is 0 Å². The van der Waals surface area contributed by atoms with Gasteiger partial charge in [-0.05, 0) is 30.7 Å². The zero-order valence-corrected chi connectivity index (χ0v) is 9.17. The van der Waals surface area contributed by atoms with Crippen molar-refractivity contribution in [1.29, 1.82) is 0 Å². The number of benzene rings is 1. The molecule has 0 saturated carbocycles. The van der Waals surface area contributed by atoms with Gasteiger partial charge in [0.25, 0.3) is 0 Å². The normalized spacial score (nSPS) is 13.3. The van der Waals surface area contributed by atoms with E-state index in [1.807, 2.05) is 0 Å². The smallest absolute Gasteiger partial charge is 0.0250 e. The second kappa shape index (κ2) is 4.45. The third kappa shape index (κ3) is 3.22. The predicted octanol–water partition coefficient (Wildman–Crippen LogP) is 3.83. The third-order valence-electron chi connectivity index (χ3n) is 2.78. The van der Waals surface area contributed by atoms with E-state index in [1.165, 1.54) is 17.5 Å². The van der Waals surface area contributed by atoms with Crippen LogP contribution in [0, 0.1) is 18.8 Å². The fourth-order valence-electron chi connectivity index (χ4n) is 1.45. The van der Waals surface area contributed by atoms with Gasteiger partial charge in [0.1, 0.15) is 0 Å². The quantitative estimate of drug-likeness (QED) is 0.656. The van der Waals surface area contributed by atoms with Crippen molar-refractivity contribution in [3.05, 3.63) is 35.4 Å². The van der Waals surface area contributed by atoms with E-state index in [0.717, 1.165) is 11.8 Å². The molecule has 0 aliphatic rings. The van der Waals surface area contributed by atoms with Crippen LogP contribution in [0.25, 0.3) is 0 Å². The Kier molecular flexibility index (Phi) is 3.53. The minimum absolute atomic E-state index is 0.778. The zero-order chi connectivity index (χ0) is 9.84. The Hall–Kier alpha value is -0.780. The summed E-state index contributed by atoms with van der Waals surface area (Å²) in [6.45, 7) is 9.07. The Morgan fingerprint density at radius 2 is 1.85 bits per heavy atom. The lowest BCUT2D eigenvalue weighted by Gasteiger charge is -2.15. The van der Waals surface area contributed by atoms with Crippen LogP contribution in [-0.2, 0) is 6.42 Å². The maximum atomic E-state index is 2.33. The van der Waals surface area contributed by atoms with Crippen LogP contribution in [0.1, 0.15) is 31.9 Å². The second-order valence-corrected chi connectivity index (χ2v) is 4.41. The highest BCUT2D eigenvalue weighted by molar-refractivity contribution is 5.22. The van der Waals surface area contributed by atoms with E-state index >= 15 is 0 Å². The number of rotatable bonds is 3. The molecule has 0 amide bonds. The topological polar surface area (TPSA) is 0 Å². The largest absolute Gasteiger partial charge is 0.0625 e. The van der Waals surface area contributed by atoms with Crippen molar-refractivity contribution in [2.45, 2.75) is 34.1 Å². The molecule has 13 heavy (non-hydrogen) atoms. The molecule has 1 aromatic rings. The fourth-order valence-corrected chi connectivity index (χ4v) is 1.45. The molecule has 0 nitrogen and oxygen atoms in total. The molecule has 0 N–H and O–H groups in total. The van der Waals surface area contributed by atoms with Crippen LogP contribution in [-0.4, -0.2) is 0 Å².